The second-order valence-electron chi connectivity index (χ2n) is 3.94. The van der Waals surface area contributed by atoms with Crippen molar-refractivity contribution in [3.63, 3.8) is 0 Å². The minimum absolute atomic E-state index is 0.146. The zero-order valence-corrected chi connectivity index (χ0v) is 9.66. The van der Waals surface area contributed by atoms with Crippen LogP contribution in [0.1, 0.15) is 29.4 Å². The maximum absolute atomic E-state index is 11.0. The molecule has 0 aliphatic heterocycles. The Kier molecular flexibility index (Phi) is 4.25. The van der Waals surface area contributed by atoms with Gasteiger partial charge >= 0.3 is 0 Å². The lowest BCUT2D eigenvalue weighted by molar-refractivity contribution is 0.1000. The van der Waals surface area contributed by atoms with Gasteiger partial charge in [-0.1, -0.05) is 0 Å². The largest absolute Gasteiger partial charge is 0.370 e. The lowest BCUT2D eigenvalue weighted by Gasteiger charge is -2.09. The zero-order valence-electron chi connectivity index (χ0n) is 9.66. The maximum Gasteiger partial charge on any atom is 0.248 e. The van der Waals surface area contributed by atoms with Crippen molar-refractivity contribution in [3.8, 4) is 0 Å². The number of hydrogen-bond donors (Lipinski definition) is 3. The Morgan fingerprint density at radius 2 is 2.25 bits per heavy atom. The van der Waals surface area contributed by atoms with E-state index in [0.29, 0.717) is 11.4 Å². The van der Waals surface area contributed by atoms with Gasteiger partial charge in [-0.3, -0.25) is 4.79 Å². The molecule has 0 saturated heterocycles. The number of nitrogens with one attached hydrogen (secondary N) is 1. The number of hydrogen-bond acceptors (Lipinski definition) is 4. The summed E-state index contributed by atoms with van der Waals surface area (Å²) in [6.07, 6.45) is 0.849. The molecule has 16 heavy (non-hydrogen) atoms. The lowest BCUT2D eigenvalue weighted by atomic mass is 10.2. The van der Waals surface area contributed by atoms with Crippen molar-refractivity contribution in [2.24, 2.45) is 11.5 Å². The van der Waals surface area contributed by atoms with Crippen LogP contribution in [0.5, 0.6) is 0 Å². The van der Waals surface area contributed by atoms with E-state index in [1.807, 2.05) is 13.8 Å². The molecule has 0 bridgehead atoms. The molecule has 0 aromatic carbocycles. The molecule has 1 amide bonds. The fourth-order valence-corrected chi connectivity index (χ4v) is 1.33. The van der Waals surface area contributed by atoms with Crippen molar-refractivity contribution in [3.05, 3.63) is 23.4 Å². The van der Waals surface area contributed by atoms with E-state index >= 15 is 0 Å². The predicted octanol–water partition coefficient (Wildman–Crippen LogP) is 0.638. The average Bonchev–Trinajstić information content (AvgIpc) is 2.16. The molecular weight excluding hydrogens is 204 g/mol. The van der Waals surface area contributed by atoms with Gasteiger partial charge in [0, 0.05) is 23.8 Å². The standard InChI is InChI=1S/C11H18N4O/c1-7(12)3-4-14-10-6-9(11(13)16)5-8(2)15-10/h5-7H,3-4,12H2,1-2H3,(H2,13,16)(H,14,15). The smallest absolute Gasteiger partial charge is 0.248 e. The van der Waals surface area contributed by atoms with Crippen LogP contribution in [-0.4, -0.2) is 23.5 Å². The first kappa shape index (κ1) is 12.4. The normalized spacial score (nSPS) is 12.2. The molecule has 0 radical (unpaired) electrons. The number of nitrogens with two attached hydrogens (primary N) is 2. The predicted molar refractivity (Wildman–Crippen MR) is 64.2 cm³/mol. The third-order valence-corrected chi connectivity index (χ3v) is 2.14. The van der Waals surface area contributed by atoms with Crippen molar-refractivity contribution in [1.82, 2.24) is 4.98 Å². The summed E-state index contributed by atoms with van der Waals surface area (Å²) in [5.74, 6) is 0.218. The first-order valence-corrected chi connectivity index (χ1v) is 5.27. The van der Waals surface area contributed by atoms with E-state index in [9.17, 15) is 4.79 Å². The van der Waals surface area contributed by atoms with E-state index in [1.165, 1.54) is 0 Å². The molecule has 1 atom stereocenters. The Bertz CT molecular complexity index is 376. The Balaban J connectivity index is 2.69. The van der Waals surface area contributed by atoms with Crippen LogP contribution in [0.15, 0.2) is 12.1 Å². The Morgan fingerprint density at radius 1 is 1.56 bits per heavy atom. The molecule has 5 N–H and O–H groups in total. The number of carbonyl (C=O) groups is 1. The minimum Gasteiger partial charge on any atom is -0.370 e. The molecule has 1 aromatic heterocycles. The highest BCUT2D eigenvalue weighted by molar-refractivity contribution is 5.93. The van der Waals surface area contributed by atoms with Gasteiger partial charge < -0.3 is 16.8 Å². The molecule has 0 fully saturated rings. The van der Waals surface area contributed by atoms with E-state index in [0.717, 1.165) is 18.7 Å². The molecule has 1 heterocycles. The Morgan fingerprint density at radius 3 is 2.81 bits per heavy atom. The number of aromatic nitrogens is 1. The van der Waals surface area contributed by atoms with Crippen molar-refractivity contribution in [1.29, 1.82) is 0 Å². The molecule has 0 spiro atoms. The molecule has 88 valence electrons. The second kappa shape index (κ2) is 5.46. The number of amides is 1. The SMILES string of the molecule is Cc1cc(C(N)=O)cc(NCCC(C)N)n1. The maximum atomic E-state index is 11.0. The van der Waals surface area contributed by atoms with Gasteiger partial charge in [-0.25, -0.2) is 4.98 Å². The molecular formula is C11H18N4O. The van der Waals surface area contributed by atoms with Crippen LogP contribution in [0, 0.1) is 6.92 Å². The van der Waals surface area contributed by atoms with Crippen LogP contribution in [0.3, 0.4) is 0 Å². The summed E-state index contributed by atoms with van der Waals surface area (Å²) in [6, 6.07) is 3.46. The number of rotatable bonds is 5. The summed E-state index contributed by atoms with van der Waals surface area (Å²) in [7, 11) is 0. The van der Waals surface area contributed by atoms with Crippen LogP contribution in [0.4, 0.5) is 5.82 Å². The quantitative estimate of drug-likeness (QED) is 0.681. The van der Waals surface area contributed by atoms with Crippen LogP contribution >= 0.6 is 0 Å². The third-order valence-electron chi connectivity index (χ3n) is 2.14. The highest BCUT2D eigenvalue weighted by Gasteiger charge is 2.04. The van der Waals surface area contributed by atoms with Crippen molar-refractivity contribution in [2.75, 3.05) is 11.9 Å². The Hall–Kier alpha value is -1.62. The summed E-state index contributed by atoms with van der Waals surface area (Å²) < 4.78 is 0. The van der Waals surface area contributed by atoms with Gasteiger partial charge in [-0.15, -0.1) is 0 Å². The molecule has 1 rings (SSSR count). The number of pyridine rings is 1. The van der Waals surface area contributed by atoms with Crippen LogP contribution in [0.25, 0.3) is 0 Å². The summed E-state index contributed by atoms with van der Waals surface area (Å²) in [5.41, 5.74) is 12.1. The van der Waals surface area contributed by atoms with Crippen LogP contribution in [-0.2, 0) is 0 Å². The first-order valence-electron chi connectivity index (χ1n) is 5.27. The molecule has 0 aliphatic carbocycles. The lowest BCUT2D eigenvalue weighted by Crippen LogP contribution is -2.19. The van der Waals surface area contributed by atoms with Crippen LogP contribution < -0.4 is 16.8 Å². The van der Waals surface area contributed by atoms with E-state index in [-0.39, 0.29) is 6.04 Å². The summed E-state index contributed by atoms with van der Waals surface area (Å²) in [6.45, 7) is 4.50. The topological polar surface area (TPSA) is 94.0 Å². The van der Waals surface area contributed by atoms with Gasteiger partial charge in [0.25, 0.3) is 0 Å². The fraction of sp³-hybridized carbons (Fsp3) is 0.455. The second-order valence-corrected chi connectivity index (χ2v) is 3.94. The van der Waals surface area contributed by atoms with E-state index < -0.39 is 5.91 Å². The van der Waals surface area contributed by atoms with Gasteiger partial charge in [-0.2, -0.15) is 0 Å². The zero-order chi connectivity index (χ0) is 12.1. The van der Waals surface area contributed by atoms with Gasteiger partial charge in [0.1, 0.15) is 5.82 Å². The summed E-state index contributed by atoms with van der Waals surface area (Å²) in [5, 5.41) is 3.11. The number of carbonyl (C=O) groups excluding carboxylic acids is 1. The fourth-order valence-electron chi connectivity index (χ4n) is 1.33. The van der Waals surface area contributed by atoms with E-state index in [2.05, 4.69) is 10.3 Å². The molecule has 5 heteroatoms. The third kappa shape index (κ3) is 3.86. The number of aryl methyl sites for hydroxylation is 1. The molecule has 0 saturated carbocycles. The highest BCUT2D eigenvalue weighted by atomic mass is 16.1. The number of primary amides is 1. The van der Waals surface area contributed by atoms with Gasteiger partial charge in [0.2, 0.25) is 5.91 Å². The monoisotopic (exact) mass is 222 g/mol. The first-order chi connectivity index (χ1) is 7.49. The Labute approximate surface area is 95.2 Å². The summed E-state index contributed by atoms with van der Waals surface area (Å²) in [4.78, 5) is 15.3. The highest BCUT2D eigenvalue weighted by Crippen LogP contribution is 2.09. The van der Waals surface area contributed by atoms with Gasteiger partial charge in [-0.05, 0) is 32.4 Å². The molecule has 1 aromatic rings. The van der Waals surface area contributed by atoms with E-state index in [1.54, 1.807) is 12.1 Å². The summed E-state index contributed by atoms with van der Waals surface area (Å²) >= 11 is 0. The molecule has 5 nitrogen and oxygen atoms in total. The van der Waals surface area contributed by atoms with Gasteiger partial charge in [0.15, 0.2) is 0 Å². The molecule has 0 aliphatic rings. The molecule has 1 unspecified atom stereocenters. The van der Waals surface area contributed by atoms with E-state index in [4.69, 9.17) is 11.5 Å². The average molecular weight is 222 g/mol. The van der Waals surface area contributed by atoms with Gasteiger partial charge in [0.05, 0.1) is 0 Å². The van der Waals surface area contributed by atoms with Crippen molar-refractivity contribution < 1.29 is 4.79 Å². The van der Waals surface area contributed by atoms with Crippen LogP contribution in [0.2, 0.25) is 0 Å². The number of nitrogens with zero attached hydrogens (tertiary/aromatic N) is 1. The van der Waals surface area contributed by atoms with Crippen molar-refractivity contribution >= 4 is 11.7 Å². The minimum atomic E-state index is -0.444. The number of anilines is 1. The van der Waals surface area contributed by atoms with Crippen molar-refractivity contribution in [2.45, 2.75) is 26.3 Å².